The Morgan fingerprint density at radius 2 is 2.00 bits per heavy atom. The fraction of sp³-hybridized carbons (Fsp3) is 0.222. The number of phenols is 1. The zero-order valence-electron chi connectivity index (χ0n) is 12.8. The van der Waals surface area contributed by atoms with Crippen molar-refractivity contribution in [3.8, 4) is 5.75 Å². The lowest BCUT2D eigenvalue weighted by atomic mass is 9.78. The molecule has 0 heterocycles. The summed E-state index contributed by atoms with van der Waals surface area (Å²) in [6.45, 7) is 1.31. The Bertz CT molecular complexity index is 865. The molecule has 5 heteroatoms. The molecule has 0 radical (unpaired) electrons. The van der Waals surface area contributed by atoms with Crippen molar-refractivity contribution in [2.75, 3.05) is 7.11 Å². The van der Waals surface area contributed by atoms with Gasteiger partial charge in [0.05, 0.1) is 7.11 Å². The van der Waals surface area contributed by atoms with Gasteiger partial charge >= 0.3 is 0 Å². The molecule has 0 bridgehead atoms. The van der Waals surface area contributed by atoms with Crippen molar-refractivity contribution < 1.29 is 24.5 Å². The number of aliphatic hydroxyl groups is 1. The average Bonchev–Trinajstić information content (AvgIpc) is 2.49. The van der Waals surface area contributed by atoms with Gasteiger partial charge in [-0.05, 0) is 47.5 Å². The number of ketones is 2. The summed E-state index contributed by atoms with van der Waals surface area (Å²) >= 11 is 0. The van der Waals surface area contributed by atoms with E-state index in [0.717, 1.165) is 0 Å². The minimum Gasteiger partial charge on any atom is -0.508 e. The van der Waals surface area contributed by atoms with Crippen molar-refractivity contribution in [3.05, 3.63) is 47.2 Å². The van der Waals surface area contributed by atoms with E-state index in [0.29, 0.717) is 21.9 Å². The number of phenolic OH excluding ortho intramolecular Hbond substituents is 1. The number of ether oxygens (including phenoxy) is 1. The molecule has 0 saturated carbocycles. The third kappa shape index (κ3) is 2.29. The van der Waals surface area contributed by atoms with Gasteiger partial charge in [-0.15, -0.1) is 0 Å². The molecule has 0 aromatic heterocycles. The summed E-state index contributed by atoms with van der Waals surface area (Å²) in [5.41, 5.74) is -1.06. The van der Waals surface area contributed by atoms with Crippen LogP contribution in [0.2, 0.25) is 0 Å². The van der Waals surface area contributed by atoms with Crippen LogP contribution in [0.3, 0.4) is 0 Å². The van der Waals surface area contributed by atoms with E-state index in [9.17, 15) is 19.8 Å². The zero-order valence-corrected chi connectivity index (χ0v) is 12.8. The first-order chi connectivity index (χ1) is 10.9. The molecule has 1 aliphatic rings. The quantitative estimate of drug-likeness (QED) is 0.909. The Morgan fingerprint density at radius 1 is 1.26 bits per heavy atom. The number of aromatic hydroxyl groups is 1. The standard InChI is InChI=1S/C18H16O5/c1-10(19)9-18(22)15(23-2)8-12-4-3-11-7-13(20)5-6-14(11)16(12)17(18)21/h3-8,20,22H,9H2,1-2H3. The van der Waals surface area contributed by atoms with Crippen LogP contribution in [-0.4, -0.2) is 34.5 Å². The van der Waals surface area contributed by atoms with Gasteiger partial charge in [-0.1, -0.05) is 12.1 Å². The topological polar surface area (TPSA) is 83.8 Å². The zero-order chi connectivity index (χ0) is 16.8. The third-order valence-electron chi connectivity index (χ3n) is 4.06. The molecule has 3 rings (SSSR count). The molecule has 2 aromatic rings. The van der Waals surface area contributed by atoms with E-state index in [4.69, 9.17) is 4.74 Å². The van der Waals surface area contributed by atoms with Gasteiger partial charge in [0.1, 0.15) is 17.3 Å². The number of fused-ring (bicyclic) bond motifs is 3. The van der Waals surface area contributed by atoms with Crippen LogP contribution < -0.4 is 0 Å². The maximum Gasteiger partial charge on any atom is 0.203 e. The van der Waals surface area contributed by atoms with Crippen LogP contribution >= 0.6 is 0 Å². The molecular formula is C18H16O5. The molecule has 2 aromatic carbocycles. The maximum absolute atomic E-state index is 13.0. The number of benzene rings is 2. The number of rotatable bonds is 3. The Labute approximate surface area is 132 Å². The van der Waals surface area contributed by atoms with E-state index in [1.807, 2.05) is 0 Å². The lowest BCUT2D eigenvalue weighted by Crippen LogP contribution is -2.45. The van der Waals surface area contributed by atoms with E-state index in [2.05, 4.69) is 0 Å². The molecule has 0 aliphatic heterocycles. The third-order valence-corrected chi connectivity index (χ3v) is 4.06. The lowest BCUT2D eigenvalue weighted by molar-refractivity contribution is -0.120. The number of hydrogen-bond donors (Lipinski definition) is 2. The first-order valence-corrected chi connectivity index (χ1v) is 7.15. The van der Waals surface area contributed by atoms with Crippen molar-refractivity contribution in [1.29, 1.82) is 0 Å². The van der Waals surface area contributed by atoms with Crippen LogP contribution in [0, 0.1) is 0 Å². The Kier molecular flexibility index (Phi) is 3.45. The number of carbonyl (C=O) groups is 2. The predicted octanol–water partition coefficient (Wildman–Crippen LogP) is 2.44. The highest BCUT2D eigenvalue weighted by Crippen LogP contribution is 2.38. The largest absolute Gasteiger partial charge is 0.508 e. The van der Waals surface area contributed by atoms with Gasteiger partial charge in [0, 0.05) is 12.0 Å². The van der Waals surface area contributed by atoms with E-state index >= 15 is 0 Å². The normalized spacial score (nSPS) is 20.1. The van der Waals surface area contributed by atoms with Crippen LogP contribution in [-0.2, 0) is 9.53 Å². The van der Waals surface area contributed by atoms with Gasteiger partial charge in [-0.25, -0.2) is 0 Å². The van der Waals surface area contributed by atoms with Gasteiger partial charge in [0.2, 0.25) is 5.78 Å². The molecule has 0 amide bonds. The van der Waals surface area contributed by atoms with E-state index in [1.165, 1.54) is 20.1 Å². The molecule has 1 aliphatic carbocycles. The van der Waals surface area contributed by atoms with Crippen LogP contribution in [0.5, 0.6) is 5.75 Å². The highest BCUT2D eigenvalue weighted by atomic mass is 16.5. The Morgan fingerprint density at radius 3 is 2.65 bits per heavy atom. The highest BCUT2D eigenvalue weighted by molar-refractivity contribution is 6.18. The maximum atomic E-state index is 13.0. The first-order valence-electron chi connectivity index (χ1n) is 7.15. The van der Waals surface area contributed by atoms with Gasteiger partial charge in [-0.3, -0.25) is 9.59 Å². The number of Topliss-reactive ketones (excluding diaryl/α,β-unsaturated/α-hetero) is 2. The second-order valence-electron chi connectivity index (χ2n) is 5.72. The average molecular weight is 312 g/mol. The van der Waals surface area contributed by atoms with E-state index in [-0.39, 0.29) is 23.7 Å². The van der Waals surface area contributed by atoms with Gasteiger partial charge in [-0.2, -0.15) is 0 Å². The molecular weight excluding hydrogens is 296 g/mol. The van der Waals surface area contributed by atoms with E-state index in [1.54, 1.807) is 30.3 Å². The molecule has 2 N–H and O–H groups in total. The summed E-state index contributed by atoms with van der Waals surface area (Å²) in [4.78, 5) is 24.5. The minimum atomic E-state index is -2.00. The molecule has 1 atom stereocenters. The summed E-state index contributed by atoms with van der Waals surface area (Å²) in [6.07, 6.45) is 1.23. The van der Waals surface area contributed by atoms with Crippen LogP contribution in [0.4, 0.5) is 0 Å². The van der Waals surface area contributed by atoms with Crippen LogP contribution in [0.15, 0.2) is 36.1 Å². The molecule has 0 saturated heterocycles. The van der Waals surface area contributed by atoms with Crippen LogP contribution in [0.1, 0.15) is 29.3 Å². The number of methoxy groups -OCH3 is 1. The lowest BCUT2D eigenvalue weighted by Gasteiger charge is -2.32. The minimum absolute atomic E-state index is 0.0586. The van der Waals surface area contributed by atoms with Crippen molar-refractivity contribution in [1.82, 2.24) is 0 Å². The second kappa shape index (κ2) is 5.21. The van der Waals surface area contributed by atoms with Crippen molar-refractivity contribution >= 4 is 28.4 Å². The smallest absolute Gasteiger partial charge is 0.203 e. The molecule has 118 valence electrons. The highest BCUT2D eigenvalue weighted by Gasteiger charge is 2.46. The fourth-order valence-electron chi connectivity index (χ4n) is 3.04. The molecule has 1 unspecified atom stereocenters. The van der Waals surface area contributed by atoms with Crippen molar-refractivity contribution in [3.63, 3.8) is 0 Å². The summed E-state index contributed by atoms with van der Waals surface area (Å²) in [5, 5.41) is 21.7. The predicted molar refractivity (Wildman–Crippen MR) is 85.2 cm³/mol. The van der Waals surface area contributed by atoms with Gasteiger partial charge in [0.15, 0.2) is 5.60 Å². The SMILES string of the molecule is COC1=Cc2ccc3cc(O)ccc3c2C(=O)C1(O)CC(C)=O. The van der Waals surface area contributed by atoms with Gasteiger partial charge in [0.25, 0.3) is 0 Å². The molecule has 5 nitrogen and oxygen atoms in total. The number of hydrogen-bond acceptors (Lipinski definition) is 5. The fourth-order valence-corrected chi connectivity index (χ4v) is 3.04. The Hall–Kier alpha value is -2.66. The summed E-state index contributed by atoms with van der Waals surface area (Å²) in [5.74, 6) is -0.736. The molecule has 23 heavy (non-hydrogen) atoms. The number of carbonyl (C=O) groups excluding carboxylic acids is 2. The Balaban J connectivity index is 2.30. The molecule has 0 spiro atoms. The summed E-state index contributed by atoms with van der Waals surface area (Å²) in [6, 6.07) is 8.15. The summed E-state index contributed by atoms with van der Waals surface area (Å²) in [7, 11) is 1.36. The first kappa shape index (κ1) is 15.2. The summed E-state index contributed by atoms with van der Waals surface area (Å²) < 4.78 is 5.16. The monoisotopic (exact) mass is 312 g/mol. The second-order valence-corrected chi connectivity index (χ2v) is 5.72. The van der Waals surface area contributed by atoms with E-state index < -0.39 is 11.4 Å². The molecule has 0 fully saturated rings. The van der Waals surface area contributed by atoms with Crippen molar-refractivity contribution in [2.24, 2.45) is 0 Å². The van der Waals surface area contributed by atoms with Crippen molar-refractivity contribution in [2.45, 2.75) is 18.9 Å². The van der Waals surface area contributed by atoms with Crippen LogP contribution in [0.25, 0.3) is 16.8 Å². The van der Waals surface area contributed by atoms with Gasteiger partial charge < -0.3 is 14.9 Å².